The molecule has 2 amide bonds. The van der Waals surface area contributed by atoms with E-state index in [2.05, 4.69) is 47.5 Å². The van der Waals surface area contributed by atoms with E-state index < -0.39 is 17.9 Å². The van der Waals surface area contributed by atoms with Gasteiger partial charge in [-0.1, -0.05) is 13.8 Å². The molecule has 1 heterocycles. The molecule has 3 N–H and O–H groups in total. The highest BCUT2D eigenvalue weighted by molar-refractivity contribution is 9.13. The number of esters is 1. The third kappa shape index (κ3) is 6.57. The molecular formula is C21H25Br2N3O5. The molecule has 0 aliphatic heterocycles. The van der Waals surface area contributed by atoms with Crippen LogP contribution in [0, 0.1) is 5.92 Å². The number of aromatic amines is 1. The van der Waals surface area contributed by atoms with E-state index in [0.717, 1.165) is 0 Å². The first-order valence-corrected chi connectivity index (χ1v) is 11.2. The van der Waals surface area contributed by atoms with Crippen LogP contribution in [-0.2, 0) is 9.53 Å². The fourth-order valence-electron chi connectivity index (χ4n) is 2.68. The zero-order chi connectivity index (χ0) is 23.3. The minimum atomic E-state index is -0.781. The summed E-state index contributed by atoms with van der Waals surface area (Å²) < 4.78 is 11.9. The second kappa shape index (κ2) is 10.8. The van der Waals surface area contributed by atoms with Gasteiger partial charge in [0.1, 0.15) is 17.5 Å². The Hall–Kier alpha value is -2.33. The second-order valence-electron chi connectivity index (χ2n) is 7.39. The van der Waals surface area contributed by atoms with E-state index in [9.17, 15) is 14.4 Å². The Kier molecular flexibility index (Phi) is 8.69. The Balaban J connectivity index is 2.28. The van der Waals surface area contributed by atoms with Gasteiger partial charge < -0.3 is 25.1 Å². The molecule has 1 aromatic heterocycles. The number of carbonyl (C=O) groups is 3. The van der Waals surface area contributed by atoms with Crippen molar-refractivity contribution in [1.29, 1.82) is 0 Å². The average molecular weight is 559 g/mol. The molecule has 0 aliphatic carbocycles. The van der Waals surface area contributed by atoms with Gasteiger partial charge in [0.25, 0.3) is 11.8 Å². The van der Waals surface area contributed by atoms with Gasteiger partial charge >= 0.3 is 5.97 Å². The number of H-pyrrole nitrogens is 1. The number of hydrogen-bond donors (Lipinski definition) is 3. The maximum atomic E-state index is 12.7. The van der Waals surface area contributed by atoms with Crippen molar-refractivity contribution in [1.82, 2.24) is 10.3 Å². The summed E-state index contributed by atoms with van der Waals surface area (Å²) >= 11 is 6.63. The van der Waals surface area contributed by atoms with Crippen molar-refractivity contribution in [3.8, 4) is 5.75 Å². The molecule has 1 atom stereocenters. The summed E-state index contributed by atoms with van der Waals surface area (Å²) in [5.74, 6) is -1.16. The van der Waals surface area contributed by atoms with Gasteiger partial charge in [0.05, 0.1) is 28.0 Å². The number of rotatable bonds is 8. The molecule has 0 fully saturated rings. The van der Waals surface area contributed by atoms with Crippen molar-refractivity contribution in [2.45, 2.75) is 39.8 Å². The summed E-state index contributed by atoms with van der Waals surface area (Å²) in [6, 6.07) is 5.52. The minimum Gasteiger partial charge on any atom is -0.489 e. The lowest BCUT2D eigenvalue weighted by atomic mass is 10.0. The van der Waals surface area contributed by atoms with Gasteiger partial charge in [0.2, 0.25) is 0 Å². The third-order valence-electron chi connectivity index (χ3n) is 4.23. The molecule has 0 spiro atoms. The standard InChI is InChI=1S/C21H25Br2N3O5/c1-10(2)17(21(29)30-5)26-19(27)12-6-7-14(16(8-12)31-11(3)4)25-20(28)15-9-13(22)18(23)24-15/h6-11,17,24H,1-5H3,(H,25,28)(H,26,27)/t17-/m0/s1. The van der Waals surface area contributed by atoms with Crippen LogP contribution in [0.1, 0.15) is 48.5 Å². The Morgan fingerprint density at radius 3 is 2.23 bits per heavy atom. The second-order valence-corrected chi connectivity index (χ2v) is 9.04. The Labute approximate surface area is 197 Å². The monoisotopic (exact) mass is 557 g/mol. The summed E-state index contributed by atoms with van der Waals surface area (Å²) in [6.07, 6.45) is -0.193. The zero-order valence-electron chi connectivity index (χ0n) is 17.8. The lowest BCUT2D eigenvalue weighted by molar-refractivity contribution is -0.144. The van der Waals surface area contributed by atoms with Crippen molar-refractivity contribution in [3.05, 3.63) is 44.6 Å². The van der Waals surface area contributed by atoms with E-state index in [1.807, 2.05) is 27.7 Å². The molecule has 1 aromatic carbocycles. The number of ether oxygens (including phenoxy) is 2. The van der Waals surface area contributed by atoms with Gasteiger partial charge in [0, 0.05) is 5.56 Å². The van der Waals surface area contributed by atoms with Crippen LogP contribution in [0.25, 0.3) is 0 Å². The van der Waals surface area contributed by atoms with Gasteiger partial charge in [0.15, 0.2) is 0 Å². The van der Waals surface area contributed by atoms with Gasteiger partial charge in [-0.3, -0.25) is 9.59 Å². The number of hydrogen-bond acceptors (Lipinski definition) is 5. The van der Waals surface area contributed by atoms with Crippen LogP contribution < -0.4 is 15.4 Å². The van der Waals surface area contributed by atoms with Gasteiger partial charge in [-0.15, -0.1) is 0 Å². The predicted octanol–water partition coefficient (Wildman–Crippen LogP) is 4.51. The van der Waals surface area contributed by atoms with Crippen molar-refractivity contribution in [2.75, 3.05) is 12.4 Å². The Morgan fingerprint density at radius 1 is 1.03 bits per heavy atom. The van der Waals surface area contributed by atoms with Crippen LogP contribution in [0.3, 0.4) is 0 Å². The quantitative estimate of drug-likeness (QED) is 0.413. The Bertz CT molecular complexity index is 952. The summed E-state index contributed by atoms with van der Waals surface area (Å²) in [5, 5.41) is 5.47. The molecule has 0 bridgehead atoms. The van der Waals surface area contributed by atoms with Gasteiger partial charge in [-0.25, -0.2) is 4.79 Å². The number of benzene rings is 1. The van der Waals surface area contributed by atoms with Crippen molar-refractivity contribution in [2.24, 2.45) is 5.92 Å². The van der Waals surface area contributed by atoms with E-state index in [4.69, 9.17) is 9.47 Å². The number of halogens is 2. The van der Waals surface area contributed by atoms with E-state index in [0.29, 0.717) is 26.2 Å². The molecule has 0 saturated carbocycles. The number of anilines is 1. The number of amides is 2. The van der Waals surface area contributed by atoms with Crippen LogP contribution in [-0.4, -0.2) is 42.0 Å². The van der Waals surface area contributed by atoms with E-state index >= 15 is 0 Å². The van der Waals surface area contributed by atoms with E-state index in [-0.39, 0.29) is 23.5 Å². The molecule has 0 unspecified atom stereocenters. The normalized spacial score (nSPS) is 11.9. The van der Waals surface area contributed by atoms with E-state index in [1.165, 1.54) is 13.2 Å². The molecule has 31 heavy (non-hydrogen) atoms. The molecule has 0 saturated heterocycles. The molecule has 8 nitrogen and oxygen atoms in total. The van der Waals surface area contributed by atoms with Crippen molar-refractivity contribution >= 4 is 55.3 Å². The smallest absolute Gasteiger partial charge is 0.328 e. The lowest BCUT2D eigenvalue weighted by Gasteiger charge is -2.20. The third-order valence-corrected chi connectivity index (χ3v) is 6.02. The maximum Gasteiger partial charge on any atom is 0.328 e. The molecule has 2 aromatic rings. The molecule has 2 rings (SSSR count). The van der Waals surface area contributed by atoms with Crippen molar-refractivity contribution in [3.63, 3.8) is 0 Å². The van der Waals surface area contributed by atoms with Crippen LogP contribution >= 0.6 is 31.9 Å². The zero-order valence-corrected chi connectivity index (χ0v) is 21.0. The SMILES string of the molecule is COC(=O)[C@@H](NC(=O)c1ccc(NC(=O)c2cc(Br)c(Br)[nH]2)c(OC(C)C)c1)C(C)C. The number of methoxy groups -OCH3 is 1. The first-order chi connectivity index (χ1) is 14.5. The maximum absolute atomic E-state index is 12.7. The molecule has 0 radical (unpaired) electrons. The minimum absolute atomic E-state index is 0.152. The number of carbonyl (C=O) groups excluding carboxylic acids is 3. The molecular weight excluding hydrogens is 534 g/mol. The Morgan fingerprint density at radius 2 is 1.71 bits per heavy atom. The van der Waals surface area contributed by atoms with Crippen LogP contribution in [0.4, 0.5) is 5.69 Å². The predicted molar refractivity (Wildman–Crippen MR) is 124 cm³/mol. The van der Waals surface area contributed by atoms with Crippen LogP contribution in [0.15, 0.2) is 33.3 Å². The summed E-state index contributed by atoms with van der Waals surface area (Å²) in [4.78, 5) is 40.2. The summed E-state index contributed by atoms with van der Waals surface area (Å²) in [7, 11) is 1.27. The summed E-state index contributed by atoms with van der Waals surface area (Å²) in [5.41, 5.74) is 1.04. The lowest BCUT2D eigenvalue weighted by Crippen LogP contribution is -2.45. The van der Waals surface area contributed by atoms with Gasteiger partial charge in [-0.2, -0.15) is 0 Å². The van der Waals surface area contributed by atoms with Gasteiger partial charge in [-0.05, 0) is 75.9 Å². The highest BCUT2D eigenvalue weighted by atomic mass is 79.9. The molecule has 10 heteroatoms. The highest BCUT2D eigenvalue weighted by Gasteiger charge is 2.26. The number of aromatic nitrogens is 1. The molecule has 0 aliphatic rings. The topological polar surface area (TPSA) is 110 Å². The highest BCUT2D eigenvalue weighted by Crippen LogP contribution is 2.29. The fraction of sp³-hybridized carbons (Fsp3) is 0.381. The first kappa shape index (κ1) is 24.9. The van der Waals surface area contributed by atoms with Crippen molar-refractivity contribution < 1.29 is 23.9 Å². The van der Waals surface area contributed by atoms with E-state index in [1.54, 1.807) is 18.2 Å². The molecule has 168 valence electrons. The number of nitrogens with one attached hydrogen (secondary N) is 3. The van der Waals surface area contributed by atoms with Crippen LogP contribution in [0.2, 0.25) is 0 Å². The largest absolute Gasteiger partial charge is 0.489 e. The summed E-state index contributed by atoms with van der Waals surface area (Å²) in [6.45, 7) is 7.30. The average Bonchev–Trinajstić information content (AvgIpc) is 3.04. The fourth-order valence-corrected chi connectivity index (χ4v) is 3.34. The van der Waals surface area contributed by atoms with Crippen LogP contribution in [0.5, 0.6) is 5.75 Å². The first-order valence-electron chi connectivity index (χ1n) is 9.58.